The van der Waals surface area contributed by atoms with E-state index in [1.165, 1.54) is 0 Å². The number of nitrogens with two attached hydrogens (primary N) is 1. The van der Waals surface area contributed by atoms with Crippen molar-refractivity contribution in [1.82, 2.24) is 4.90 Å². The van der Waals surface area contributed by atoms with Crippen molar-refractivity contribution >= 4 is 5.91 Å². The van der Waals surface area contributed by atoms with Crippen LogP contribution in [-0.4, -0.2) is 29.4 Å². The molecule has 0 aromatic heterocycles. The highest BCUT2D eigenvalue weighted by atomic mass is 16.2. The first-order valence-electron chi connectivity index (χ1n) is 6.09. The van der Waals surface area contributed by atoms with E-state index < -0.39 is 0 Å². The molecule has 1 saturated heterocycles. The van der Waals surface area contributed by atoms with Crippen molar-refractivity contribution in [2.24, 2.45) is 11.7 Å². The molecule has 3 nitrogen and oxygen atoms in total. The molecule has 0 radical (unpaired) electrons. The molecule has 0 bridgehead atoms. The van der Waals surface area contributed by atoms with Crippen LogP contribution in [0.1, 0.15) is 46.5 Å². The standard InChI is InChI=1S/C12H24N2O/c1-4-11(13)8-12(15)14-6-5-9(2)7-10(14)3/h9-11H,4-8,13H2,1-3H3. The fourth-order valence-corrected chi connectivity index (χ4v) is 2.26. The van der Waals surface area contributed by atoms with Gasteiger partial charge in [0.2, 0.25) is 5.91 Å². The first-order chi connectivity index (χ1) is 7.04. The summed E-state index contributed by atoms with van der Waals surface area (Å²) in [6.07, 6.45) is 3.66. The Bertz CT molecular complexity index is 218. The Morgan fingerprint density at radius 2 is 2.20 bits per heavy atom. The normalized spacial score (nSPS) is 28.9. The zero-order valence-corrected chi connectivity index (χ0v) is 10.2. The van der Waals surface area contributed by atoms with Gasteiger partial charge in [0.05, 0.1) is 0 Å². The molecule has 0 saturated carbocycles. The molecule has 88 valence electrons. The van der Waals surface area contributed by atoms with Crippen LogP contribution in [0.15, 0.2) is 0 Å². The van der Waals surface area contributed by atoms with E-state index in [0.717, 1.165) is 31.7 Å². The summed E-state index contributed by atoms with van der Waals surface area (Å²) in [6.45, 7) is 7.35. The zero-order chi connectivity index (χ0) is 11.4. The quantitative estimate of drug-likeness (QED) is 0.775. The summed E-state index contributed by atoms with van der Waals surface area (Å²) >= 11 is 0. The third kappa shape index (κ3) is 3.49. The maximum Gasteiger partial charge on any atom is 0.224 e. The first kappa shape index (κ1) is 12.5. The lowest BCUT2D eigenvalue weighted by Gasteiger charge is -2.37. The molecule has 1 heterocycles. The van der Waals surface area contributed by atoms with E-state index in [-0.39, 0.29) is 11.9 Å². The molecular formula is C12H24N2O. The van der Waals surface area contributed by atoms with Crippen LogP contribution in [-0.2, 0) is 4.79 Å². The largest absolute Gasteiger partial charge is 0.340 e. The molecule has 3 heteroatoms. The minimum absolute atomic E-state index is 0.0315. The Morgan fingerprint density at radius 1 is 1.53 bits per heavy atom. The smallest absolute Gasteiger partial charge is 0.224 e. The lowest BCUT2D eigenvalue weighted by molar-refractivity contribution is -0.135. The van der Waals surface area contributed by atoms with Gasteiger partial charge in [0.1, 0.15) is 0 Å². The molecule has 0 aromatic carbocycles. The Kier molecular flexibility index (Phi) is 4.58. The monoisotopic (exact) mass is 212 g/mol. The highest BCUT2D eigenvalue weighted by Crippen LogP contribution is 2.22. The van der Waals surface area contributed by atoms with Crippen molar-refractivity contribution < 1.29 is 4.79 Å². The van der Waals surface area contributed by atoms with Crippen molar-refractivity contribution in [3.05, 3.63) is 0 Å². The highest BCUT2D eigenvalue weighted by molar-refractivity contribution is 5.77. The van der Waals surface area contributed by atoms with Crippen LogP contribution in [0.3, 0.4) is 0 Å². The minimum atomic E-state index is 0.0315. The van der Waals surface area contributed by atoms with Gasteiger partial charge in [-0.25, -0.2) is 0 Å². The van der Waals surface area contributed by atoms with Gasteiger partial charge in [-0.3, -0.25) is 4.79 Å². The van der Waals surface area contributed by atoms with Crippen LogP contribution in [0.2, 0.25) is 0 Å². The molecule has 1 aliphatic heterocycles. The van der Waals surface area contributed by atoms with Crippen molar-refractivity contribution in [2.45, 2.75) is 58.5 Å². The van der Waals surface area contributed by atoms with Crippen molar-refractivity contribution in [3.8, 4) is 0 Å². The number of amides is 1. The number of likely N-dealkylation sites (tertiary alicyclic amines) is 1. The van der Waals surface area contributed by atoms with Gasteiger partial charge in [-0.2, -0.15) is 0 Å². The Hall–Kier alpha value is -0.570. The van der Waals surface area contributed by atoms with Crippen LogP contribution in [0.25, 0.3) is 0 Å². The molecule has 3 atom stereocenters. The van der Waals surface area contributed by atoms with Crippen LogP contribution in [0.4, 0.5) is 0 Å². The van der Waals surface area contributed by atoms with Crippen molar-refractivity contribution in [2.75, 3.05) is 6.54 Å². The van der Waals surface area contributed by atoms with E-state index in [1.807, 2.05) is 11.8 Å². The van der Waals surface area contributed by atoms with Crippen LogP contribution in [0, 0.1) is 5.92 Å². The Labute approximate surface area is 93.0 Å². The molecule has 1 rings (SSSR count). The second-order valence-electron chi connectivity index (χ2n) is 4.94. The average molecular weight is 212 g/mol. The molecule has 3 unspecified atom stereocenters. The molecule has 0 aromatic rings. The second kappa shape index (κ2) is 5.50. The van der Waals surface area contributed by atoms with E-state index in [1.54, 1.807) is 0 Å². The fourth-order valence-electron chi connectivity index (χ4n) is 2.26. The SMILES string of the molecule is CCC(N)CC(=O)N1CCC(C)CC1C. The van der Waals surface area contributed by atoms with Gasteiger partial charge in [0.15, 0.2) is 0 Å². The number of piperidine rings is 1. The van der Waals surface area contributed by atoms with Crippen molar-refractivity contribution in [3.63, 3.8) is 0 Å². The third-order valence-corrected chi connectivity index (χ3v) is 3.42. The second-order valence-corrected chi connectivity index (χ2v) is 4.94. The van der Waals surface area contributed by atoms with E-state index in [2.05, 4.69) is 13.8 Å². The molecule has 0 spiro atoms. The topological polar surface area (TPSA) is 46.3 Å². The van der Waals surface area contributed by atoms with E-state index in [0.29, 0.717) is 12.5 Å². The molecule has 1 fully saturated rings. The third-order valence-electron chi connectivity index (χ3n) is 3.42. The van der Waals surface area contributed by atoms with E-state index in [4.69, 9.17) is 5.73 Å². The van der Waals surface area contributed by atoms with Crippen molar-refractivity contribution in [1.29, 1.82) is 0 Å². The predicted octanol–water partition coefficient (Wildman–Crippen LogP) is 1.76. The highest BCUT2D eigenvalue weighted by Gasteiger charge is 2.26. The molecule has 2 N–H and O–H groups in total. The summed E-state index contributed by atoms with van der Waals surface area (Å²) in [7, 11) is 0. The number of nitrogens with zero attached hydrogens (tertiary/aromatic N) is 1. The Morgan fingerprint density at radius 3 is 2.73 bits per heavy atom. The first-order valence-corrected chi connectivity index (χ1v) is 6.09. The summed E-state index contributed by atoms with van der Waals surface area (Å²) < 4.78 is 0. The minimum Gasteiger partial charge on any atom is -0.340 e. The van der Waals surface area contributed by atoms with Gasteiger partial charge >= 0.3 is 0 Å². The molecule has 0 aliphatic carbocycles. The fraction of sp³-hybridized carbons (Fsp3) is 0.917. The summed E-state index contributed by atoms with van der Waals surface area (Å²) in [5.41, 5.74) is 5.81. The number of carbonyl (C=O) groups is 1. The van der Waals surface area contributed by atoms with Gasteiger partial charge in [-0.05, 0) is 32.1 Å². The Balaban J connectivity index is 2.45. The summed E-state index contributed by atoms with van der Waals surface area (Å²) in [4.78, 5) is 13.9. The molecular weight excluding hydrogens is 188 g/mol. The lowest BCUT2D eigenvalue weighted by atomic mass is 9.93. The molecule has 1 amide bonds. The number of rotatable bonds is 3. The van der Waals surface area contributed by atoms with Crippen LogP contribution in [0.5, 0.6) is 0 Å². The van der Waals surface area contributed by atoms with E-state index >= 15 is 0 Å². The van der Waals surface area contributed by atoms with Crippen LogP contribution < -0.4 is 5.73 Å². The van der Waals surface area contributed by atoms with Gasteiger partial charge in [-0.1, -0.05) is 13.8 Å². The van der Waals surface area contributed by atoms with Gasteiger partial charge in [0.25, 0.3) is 0 Å². The van der Waals surface area contributed by atoms with Gasteiger partial charge in [0, 0.05) is 25.0 Å². The van der Waals surface area contributed by atoms with Gasteiger partial charge < -0.3 is 10.6 Å². The predicted molar refractivity (Wildman–Crippen MR) is 62.5 cm³/mol. The molecule has 15 heavy (non-hydrogen) atoms. The average Bonchev–Trinajstić information content (AvgIpc) is 2.17. The summed E-state index contributed by atoms with van der Waals surface area (Å²) in [5.74, 6) is 0.993. The zero-order valence-electron chi connectivity index (χ0n) is 10.2. The molecule has 1 aliphatic rings. The summed E-state index contributed by atoms with van der Waals surface area (Å²) in [5, 5.41) is 0. The van der Waals surface area contributed by atoms with Gasteiger partial charge in [-0.15, -0.1) is 0 Å². The number of hydrogen-bond donors (Lipinski definition) is 1. The number of hydrogen-bond acceptors (Lipinski definition) is 2. The summed E-state index contributed by atoms with van der Waals surface area (Å²) in [6, 6.07) is 0.425. The van der Waals surface area contributed by atoms with Crippen LogP contribution >= 0.6 is 0 Å². The number of carbonyl (C=O) groups excluding carboxylic acids is 1. The maximum atomic E-state index is 11.9. The van der Waals surface area contributed by atoms with E-state index in [9.17, 15) is 4.79 Å². The lowest BCUT2D eigenvalue weighted by Crippen LogP contribution is -2.45. The maximum absolute atomic E-state index is 11.9.